The average Bonchev–Trinajstić information content (AvgIpc) is 2.81. The van der Waals surface area contributed by atoms with Crippen LogP contribution in [-0.4, -0.2) is 52.0 Å². The fraction of sp³-hybridized carbons (Fsp3) is 0.136. The highest BCUT2D eigenvalue weighted by Gasteiger charge is 2.38. The van der Waals surface area contributed by atoms with Gasteiger partial charge < -0.3 is 25.3 Å². The number of hydrogen-bond donors (Lipinski definition) is 2. The van der Waals surface area contributed by atoms with Crippen LogP contribution >= 0.6 is 0 Å². The molecule has 3 N–H and O–H groups in total. The van der Waals surface area contributed by atoms with E-state index in [4.69, 9.17) is 38.7 Å². The summed E-state index contributed by atoms with van der Waals surface area (Å²) < 4.78 is 122. The summed E-state index contributed by atoms with van der Waals surface area (Å²) in [4.78, 5) is 27.7. The van der Waals surface area contributed by atoms with Gasteiger partial charge in [0.15, 0.2) is 23.1 Å². The third-order valence-electron chi connectivity index (χ3n) is 4.66. The molecule has 8 nitrogen and oxygen atoms in total. The molecule has 2 amide bonds. The molecule has 0 aliphatic heterocycles. The Kier molecular flexibility index (Phi) is 8.50. The predicted octanol–water partition coefficient (Wildman–Crippen LogP) is 3.92. The van der Waals surface area contributed by atoms with Crippen LogP contribution in [0.4, 0.5) is 40.8 Å². The van der Waals surface area contributed by atoms with E-state index in [1.165, 1.54) is 0 Å². The largest absolute Gasteiger partial charge is 0.573 e. The van der Waals surface area contributed by atoms with Crippen molar-refractivity contribution in [1.29, 1.82) is 0 Å². The fourth-order valence-corrected chi connectivity index (χ4v) is 3.08. The maximum atomic E-state index is 15.1. The molecule has 208 valence electrons. The number of hydrogen-bond acceptors (Lipinski definition) is 6. The summed E-state index contributed by atoms with van der Waals surface area (Å²) in [6.45, 7) is 0. The Bertz CT molecular complexity index is 1480. The molecule has 1 aromatic heterocycles. The Labute approximate surface area is 228 Å². The van der Waals surface area contributed by atoms with Gasteiger partial charge in [0.2, 0.25) is 5.82 Å². The predicted molar refractivity (Wildman–Crippen MR) is 126 cm³/mol. The van der Waals surface area contributed by atoms with E-state index >= 15 is 4.39 Å². The molecule has 19 heteroatoms. The third-order valence-corrected chi connectivity index (χ3v) is 4.66. The number of aromatic nitrogens is 1. The first-order valence-corrected chi connectivity index (χ1v) is 10.6. The standard InChI is InChI=1S/C22H10B3F8N3O5/c23-21(24,25)41-17-13(6-5-12(16(17)27)40-22(31,32)33)39-11-4-2-9(20(28,29)30)15(26)14(11)19(38)36-8-1-3-10(18(34)37)35-7-8/h1-7H,(H2,34,37)(H,36,38). The molecule has 0 unspecified atom stereocenters. The van der Waals surface area contributed by atoms with Gasteiger partial charge in [0.25, 0.3) is 11.8 Å². The van der Waals surface area contributed by atoms with Crippen molar-refractivity contribution in [2.75, 3.05) is 5.32 Å². The molecular formula is C22H10B3F8N3O5. The van der Waals surface area contributed by atoms with Gasteiger partial charge >= 0.3 is 12.5 Å². The van der Waals surface area contributed by atoms with E-state index in [-0.39, 0.29) is 17.4 Å². The van der Waals surface area contributed by atoms with Gasteiger partial charge in [0.05, 0.1) is 17.4 Å². The number of carbonyl (C=O) groups is 2. The van der Waals surface area contributed by atoms with Gasteiger partial charge in [-0.2, -0.15) is 17.6 Å². The smallest absolute Gasteiger partial charge is 0.510 e. The summed E-state index contributed by atoms with van der Waals surface area (Å²) >= 11 is 0. The van der Waals surface area contributed by atoms with Crippen LogP contribution in [0.15, 0.2) is 42.6 Å². The number of nitrogens with one attached hydrogen (secondary N) is 1. The molecule has 41 heavy (non-hydrogen) atoms. The van der Waals surface area contributed by atoms with Crippen LogP contribution in [-0.2, 0) is 6.18 Å². The molecule has 3 rings (SSSR count). The van der Waals surface area contributed by atoms with Crippen molar-refractivity contribution in [2.24, 2.45) is 5.73 Å². The lowest BCUT2D eigenvalue weighted by atomic mass is 9.52. The average molecular weight is 581 g/mol. The van der Waals surface area contributed by atoms with Crippen LogP contribution in [0.3, 0.4) is 0 Å². The summed E-state index contributed by atoms with van der Waals surface area (Å²) in [6, 6.07) is 3.63. The van der Waals surface area contributed by atoms with E-state index in [2.05, 4.69) is 9.72 Å². The van der Waals surface area contributed by atoms with Crippen LogP contribution < -0.4 is 25.3 Å². The van der Waals surface area contributed by atoms with E-state index in [0.717, 1.165) is 18.3 Å². The first-order chi connectivity index (χ1) is 18.8. The molecule has 0 aliphatic rings. The molecule has 0 spiro atoms. The quantitative estimate of drug-likeness (QED) is 0.309. The van der Waals surface area contributed by atoms with Gasteiger partial charge in [-0.15, -0.1) is 13.2 Å². The number of halogens is 8. The highest BCUT2D eigenvalue weighted by molar-refractivity contribution is 6.58. The zero-order chi connectivity index (χ0) is 30.9. The maximum absolute atomic E-state index is 15.1. The lowest BCUT2D eigenvalue weighted by Gasteiger charge is -2.26. The Morgan fingerprint density at radius 3 is 1.95 bits per heavy atom. The maximum Gasteiger partial charge on any atom is 0.573 e. The lowest BCUT2D eigenvalue weighted by molar-refractivity contribution is -0.275. The summed E-state index contributed by atoms with van der Waals surface area (Å²) in [5, 5.41) is -0.741. The van der Waals surface area contributed by atoms with Gasteiger partial charge in [-0.1, -0.05) is 0 Å². The van der Waals surface area contributed by atoms with Crippen LogP contribution in [0.5, 0.6) is 23.0 Å². The molecular weight excluding hydrogens is 571 g/mol. The molecule has 0 aliphatic carbocycles. The summed E-state index contributed by atoms with van der Waals surface area (Å²) in [5.74, 6) is -11.4. The van der Waals surface area contributed by atoms with Gasteiger partial charge in [-0.3, -0.25) is 9.59 Å². The topological polar surface area (TPSA) is 113 Å². The number of ether oxygens (including phenoxy) is 3. The molecule has 0 atom stereocenters. The monoisotopic (exact) mass is 581 g/mol. The van der Waals surface area contributed by atoms with Crippen molar-refractivity contribution in [2.45, 2.75) is 17.8 Å². The van der Waals surface area contributed by atoms with E-state index in [1.807, 2.05) is 5.32 Å². The third kappa shape index (κ3) is 7.82. The van der Waals surface area contributed by atoms with Crippen LogP contribution in [0, 0.1) is 11.6 Å². The van der Waals surface area contributed by atoms with E-state index < -0.39 is 75.4 Å². The fourth-order valence-electron chi connectivity index (χ4n) is 3.08. The van der Waals surface area contributed by atoms with Crippen LogP contribution in [0.25, 0.3) is 0 Å². The van der Waals surface area contributed by atoms with Crippen molar-refractivity contribution in [3.05, 3.63) is 71.1 Å². The van der Waals surface area contributed by atoms with Crippen molar-refractivity contribution in [1.82, 2.24) is 4.98 Å². The number of alkyl halides is 6. The lowest BCUT2D eigenvalue weighted by Crippen LogP contribution is -2.38. The van der Waals surface area contributed by atoms with Crippen LogP contribution in [0.2, 0.25) is 0 Å². The zero-order valence-electron chi connectivity index (χ0n) is 19.9. The summed E-state index contributed by atoms with van der Waals surface area (Å²) in [7, 11) is 15.7. The number of rotatable bonds is 8. The van der Waals surface area contributed by atoms with Crippen LogP contribution in [0.1, 0.15) is 26.4 Å². The molecule has 6 radical (unpaired) electrons. The number of carbonyl (C=O) groups excluding carboxylic acids is 2. The van der Waals surface area contributed by atoms with E-state index in [1.54, 1.807) is 0 Å². The Morgan fingerprint density at radius 2 is 1.44 bits per heavy atom. The number of benzene rings is 2. The molecule has 1 heterocycles. The number of nitrogens with zero attached hydrogens (tertiary/aromatic N) is 1. The second-order valence-corrected chi connectivity index (χ2v) is 7.86. The highest BCUT2D eigenvalue weighted by Crippen LogP contribution is 2.43. The van der Waals surface area contributed by atoms with Gasteiger partial charge in [0, 0.05) is 0 Å². The molecule has 0 saturated heterocycles. The number of amides is 2. The first kappa shape index (κ1) is 31.1. The Balaban J connectivity index is 2.13. The van der Waals surface area contributed by atoms with Gasteiger partial charge in [-0.05, 0) is 41.7 Å². The number of nitrogens with two attached hydrogens (primary N) is 1. The molecule has 2 aromatic carbocycles. The highest BCUT2D eigenvalue weighted by atomic mass is 19.4. The van der Waals surface area contributed by atoms with Gasteiger partial charge in [-0.25, -0.2) is 9.37 Å². The molecule has 0 saturated carbocycles. The van der Waals surface area contributed by atoms with Gasteiger partial charge in [0.1, 0.15) is 40.5 Å². The minimum Gasteiger partial charge on any atom is -0.510 e. The summed E-state index contributed by atoms with van der Waals surface area (Å²) in [6.07, 6.45) is -9.83. The van der Waals surface area contributed by atoms with Crippen molar-refractivity contribution < 1.29 is 58.9 Å². The second-order valence-electron chi connectivity index (χ2n) is 7.86. The number of primary amides is 1. The second kappa shape index (κ2) is 11.2. The minimum atomic E-state index is -5.39. The normalized spacial score (nSPS) is 12.0. The van der Waals surface area contributed by atoms with E-state index in [0.29, 0.717) is 18.2 Å². The van der Waals surface area contributed by atoms with E-state index in [9.17, 15) is 40.3 Å². The summed E-state index contributed by atoms with van der Waals surface area (Å²) in [5.41, 5.74) is 1.23. The molecule has 0 fully saturated rings. The van der Waals surface area contributed by atoms with Crippen molar-refractivity contribution >= 4 is 41.0 Å². The number of anilines is 1. The Morgan fingerprint density at radius 1 is 0.829 bits per heavy atom. The molecule has 3 aromatic rings. The minimum absolute atomic E-state index is 0.168. The van der Waals surface area contributed by atoms with Crippen molar-refractivity contribution in [3.63, 3.8) is 0 Å². The number of pyridine rings is 1. The first-order valence-electron chi connectivity index (χ1n) is 10.6. The zero-order valence-corrected chi connectivity index (χ0v) is 19.9. The SMILES string of the molecule is [B]C([B])([B])Oc1c(Oc2ccc(C(F)(F)F)c(F)c2C(=O)Nc2ccc(C(N)=O)nc2)ccc(OC(F)(F)F)c1F. The Hall–Kier alpha value is -4.44. The van der Waals surface area contributed by atoms with Crippen molar-refractivity contribution in [3.8, 4) is 23.0 Å². The molecule has 0 bridgehead atoms.